The maximum Gasteiger partial charge on any atom is 0.242 e. The van der Waals surface area contributed by atoms with Crippen LogP contribution in [-0.2, 0) is 9.59 Å². The van der Waals surface area contributed by atoms with Crippen molar-refractivity contribution in [2.75, 3.05) is 39.3 Å². The summed E-state index contributed by atoms with van der Waals surface area (Å²) in [4.78, 5) is 27.5. The molecule has 3 aliphatic heterocycles. The van der Waals surface area contributed by atoms with Crippen LogP contribution in [0.1, 0.15) is 25.7 Å². The minimum absolute atomic E-state index is 0. The molecule has 0 aromatic carbocycles. The molecule has 2 amide bonds. The summed E-state index contributed by atoms with van der Waals surface area (Å²) < 4.78 is 0. The first kappa shape index (κ1) is 15.6. The van der Waals surface area contributed by atoms with E-state index in [0.29, 0.717) is 13.0 Å². The zero-order chi connectivity index (χ0) is 13.2. The number of likely N-dealkylation sites (tertiary alicyclic amines) is 2. The smallest absolute Gasteiger partial charge is 0.242 e. The second-order valence-electron chi connectivity index (χ2n) is 6.06. The molecule has 5 nitrogen and oxygen atoms in total. The van der Waals surface area contributed by atoms with E-state index in [2.05, 4.69) is 5.32 Å². The molecule has 0 aliphatic carbocycles. The van der Waals surface area contributed by atoms with Crippen LogP contribution in [0.3, 0.4) is 0 Å². The van der Waals surface area contributed by atoms with E-state index in [1.54, 1.807) is 4.90 Å². The maximum atomic E-state index is 12.3. The fraction of sp³-hybridized carbons (Fsp3) is 0.857. The average molecular weight is 302 g/mol. The molecule has 6 heteroatoms. The molecule has 3 fully saturated rings. The lowest BCUT2D eigenvalue weighted by atomic mass is 9.92. The van der Waals surface area contributed by atoms with E-state index in [4.69, 9.17) is 0 Å². The summed E-state index contributed by atoms with van der Waals surface area (Å²) in [7, 11) is 0. The molecular formula is C14H24ClN3O2. The molecule has 3 rings (SSSR count). The number of fused-ring (bicyclic) bond motifs is 1. The summed E-state index contributed by atoms with van der Waals surface area (Å²) in [5, 5.41) is 3.44. The van der Waals surface area contributed by atoms with Crippen molar-refractivity contribution in [3.63, 3.8) is 0 Å². The molecule has 114 valence electrons. The Balaban J connectivity index is 0.00000147. The van der Waals surface area contributed by atoms with Gasteiger partial charge in [0.2, 0.25) is 11.8 Å². The third-order valence-corrected chi connectivity index (χ3v) is 4.87. The summed E-state index contributed by atoms with van der Waals surface area (Å²) in [5.41, 5.74) is 0. The van der Waals surface area contributed by atoms with Crippen molar-refractivity contribution in [3.8, 4) is 0 Å². The Morgan fingerprint density at radius 1 is 1.15 bits per heavy atom. The minimum atomic E-state index is 0. The van der Waals surface area contributed by atoms with Crippen LogP contribution in [0.25, 0.3) is 0 Å². The van der Waals surface area contributed by atoms with E-state index in [1.807, 2.05) is 4.90 Å². The summed E-state index contributed by atoms with van der Waals surface area (Å²) in [5.74, 6) is 1.77. The number of rotatable bonds is 2. The third-order valence-electron chi connectivity index (χ3n) is 4.87. The van der Waals surface area contributed by atoms with Gasteiger partial charge in [-0.05, 0) is 44.2 Å². The number of hydrogen-bond donors (Lipinski definition) is 1. The van der Waals surface area contributed by atoms with Crippen LogP contribution in [0.5, 0.6) is 0 Å². The van der Waals surface area contributed by atoms with Crippen molar-refractivity contribution in [3.05, 3.63) is 0 Å². The Labute approximate surface area is 126 Å². The first-order chi connectivity index (χ1) is 9.24. The topological polar surface area (TPSA) is 52.7 Å². The van der Waals surface area contributed by atoms with Crippen LogP contribution < -0.4 is 5.32 Å². The van der Waals surface area contributed by atoms with Gasteiger partial charge in [0.25, 0.3) is 0 Å². The lowest BCUT2D eigenvalue weighted by molar-refractivity contribution is -0.138. The van der Waals surface area contributed by atoms with Gasteiger partial charge in [-0.2, -0.15) is 0 Å². The largest absolute Gasteiger partial charge is 0.341 e. The second-order valence-corrected chi connectivity index (χ2v) is 6.06. The SMILES string of the molecule is Cl.O=C(CN1CCCC1=O)N1CC[C@@H]2CNC[C@@H]2CC1. The molecule has 0 saturated carbocycles. The molecular weight excluding hydrogens is 278 g/mol. The van der Waals surface area contributed by atoms with E-state index in [-0.39, 0.29) is 24.2 Å². The highest BCUT2D eigenvalue weighted by Crippen LogP contribution is 2.27. The van der Waals surface area contributed by atoms with E-state index in [1.165, 1.54) is 0 Å². The molecule has 0 radical (unpaired) electrons. The van der Waals surface area contributed by atoms with Gasteiger partial charge in [-0.3, -0.25) is 9.59 Å². The number of halogens is 1. The van der Waals surface area contributed by atoms with Crippen molar-refractivity contribution in [2.45, 2.75) is 25.7 Å². The Morgan fingerprint density at radius 2 is 1.80 bits per heavy atom. The molecule has 0 spiro atoms. The number of nitrogens with one attached hydrogen (secondary N) is 1. The highest BCUT2D eigenvalue weighted by atomic mass is 35.5. The molecule has 0 aromatic rings. The Morgan fingerprint density at radius 3 is 2.35 bits per heavy atom. The van der Waals surface area contributed by atoms with Crippen molar-refractivity contribution in [1.82, 2.24) is 15.1 Å². The highest BCUT2D eigenvalue weighted by Gasteiger charge is 2.32. The molecule has 0 bridgehead atoms. The summed E-state index contributed by atoms with van der Waals surface area (Å²) >= 11 is 0. The van der Waals surface area contributed by atoms with Crippen molar-refractivity contribution in [1.29, 1.82) is 0 Å². The first-order valence-corrected chi connectivity index (χ1v) is 7.50. The third kappa shape index (κ3) is 3.26. The van der Waals surface area contributed by atoms with Crippen LogP contribution in [-0.4, -0.2) is 60.9 Å². The standard InChI is InChI=1S/C14H23N3O2.ClH/c18-13-2-1-5-17(13)10-14(19)16-6-3-11-8-15-9-12(11)4-7-16;/h11-12,15H,1-10H2;1H/t11-,12+;. The van der Waals surface area contributed by atoms with Gasteiger partial charge in [0.05, 0.1) is 6.54 Å². The molecule has 0 unspecified atom stereocenters. The molecule has 20 heavy (non-hydrogen) atoms. The van der Waals surface area contributed by atoms with Crippen molar-refractivity contribution < 1.29 is 9.59 Å². The van der Waals surface area contributed by atoms with Gasteiger partial charge < -0.3 is 15.1 Å². The Kier molecular flexibility index (Phi) is 5.27. The number of hydrogen-bond acceptors (Lipinski definition) is 3. The fourth-order valence-electron chi connectivity index (χ4n) is 3.60. The Bertz CT molecular complexity index is 363. The molecule has 3 aliphatic rings. The van der Waals surface area contributed by atoms with Gasteiger partial charge in [0, 0.05) is 26.1 Å². The number of nitrogens with zero attached hydrogens (tertiary/aromatic N) is 2. The highest BCUT2D eigenvalue weighted by molar-refractivity contribution is 5.86. The molecule has 3 saturated heterocycles. The summed E-state index contributed by atoms with van der Waals surface area (Å²) in [6, 6.07) is 0. The summed E-state index contributed by atoms with van der Waals surface area (Å²) in [6.45, 7) is 5.00. The van der Waals surface area contributed by atoms with E-state index in [9.17, 15) is 9.59 Å². The van der Waals surface area contributed by atoms with Gasteiger partial charge in [-0.15, -0.1) is 12.4 Å². The molecule has 0 aromatic heterocycles. The lowest BCUT2D eigenvalue weighted by Crippen LogP contribution is -2.41. The number of carbonyl (C=O) groups is 2. The zero-order valence-corrected chi connectivity index (χ0v) is 12.7. The van der Waals surface area contributed by atoms with Crippen LogP contribution >= 0.6 is 12.4 Å². The predicted molar refractivity (Wildman–Crippen MR) is 78.7 cm³/mol. The van der Waals surface area contributed by atoms with Gasteiger partial charge in [0.15, 0.2) is 0 Å². The van der Waals surface area contributed by atoms with Crippen LogP contribution in [0, 0.1) is 11.8 Å². The van der Waals surface area contributed by atoms with Gasteiger partial charge >= 0.3 is 0 Å². The van der Waals surface area contributed by atoms with E-state index < -0.39 is 0 Å². The van der Waals surface area contributed by atoms with E-state index >= 15 is 0 Å². The monoisotopic (exact) mass is 301 g/mol. The molecule has 3 heterocycles. The van der Waals surface area contributed by atoms with Crippen LogP contribution in [0.4, 0.5) is 0 Å². The van der Waals surface area contributed by atoms with Gasteiger partial charge in [-0.25, -0.2) is 0 Å². The first-order valence-electron chi connectivity index (χ1n) is 7.50. The van der Waals surface area contributed by atoms with E-state index in [0.717, 1.165) is 63.8 Å². The number of carbonyl (C=O) groups excluding carboxylic acids is 2. The summed E-state index contributed by atoms with van der Waals surface area (Å²) in [6.07, 6.45) is 3.74. The molecule has 1 N–H and O–H groups in total. The normalized spacial score (nSPS) is 29.9. The average Bonchev–Trinajstić information content (AvgIpc) is 2.95. The van der Waals surface area contributed by atoms with Crippen molar-refractivity contribution in [2.24, 2.45) is 11.8 Å². The van der Waals surface area contributed by atoms with Gasteiger partial charge in [0.1, 0.15) is 0 Å². The zero-order valence-electron chi connectivity index (χ0n) is 11.8. The minimum Gasteiger partial charge on any atom is -0.341 e. The van der Waals surface area contributed by atoms with Crippen LogP contribution in [0.15, 0.2) is 0 Å². The lowest BCUT2D eigenvalue weighted by Gasteiger charge is -2.24. The number of amides is 2. The van der Waals surface area contributed by atoms with Crippen LogP contribution in [0.2, 0.25) is 0 Å². The Hall–Kier alpha value is -0.810. The van der Waals surface area contributed by atoms with Crippen molar-refractivity contribution >= 4 is 24.2 Å². The molecule has 2 atom stereocenters. The van der Waals surface area contributed by atoms with Gasteiger partial charge in [-0.1, -0.05) is 0 Å². The fourth-order valence-corrected chi connectivity index (χ4v) is 3.60. The maximum absolute atomic E-state index is 12.3. The second kappa shape index (κ2) is 6.76. The predicted octanol–water partition coefficient (Wildman–Crippen LogP) is 0.489. The quantitative estimate of drug-likeness (QED) is 0.807.